The van der Waals surface area contributed by atoms with Gasteiger partial charge in [-0.2, -0.15) is 5.10 Å². The number of hydrogen-bond acceptors (Lipinski definition) is 4. The van der Waals surface area contributed by atoms with Crippen molar-refractivity contribution < 1.29 is 9.90 Å². The van der Waals surface area contributed by atoms with Crippen LogP contribution in [0.5, 0.6) is 0 Å². The molecule has 0 aliphatic rings. The third kappa shape index (κ3) is 1.99. The molecule has 0 saturated heterocycles. The molecule has 2 rings (SSSR count). The highest BCUT2D eigenvalue weighted by Crippen LogP contribution is 2.24. The van der Waals surface area contributed by atoms with E-state index in [9.17, 15) is 4.79 Å². The number of nitrogens with zero attached hydrogens (tertiary/aromatic N) is 3. The normalized spacial score (nSPS) is 10.8. The lowest BCUT2D eigenvalue weighted by Gasteiger charge is -2.02. The number of rotatable bonds is 2. The number of hydrogen-bond donors (Lipinski definition) is 2. The Morgan fingerprint density at radius 2 is 2.24 bits per heavy atom. The summed E-state index contributed by atoms with van der Waals surface area (Å²) in [6.07, 6.45) is 0. The molecule has 90 valence electrons. The number of pyridine rings is 1. The van der Waals surface area contributed by atoms with E-state index >= 15 is 0 Å². The minimum Gasteiger partial charge on any atom is -0.387 e. The number of aliphatic hydroxyl groups is 1. The fourth-order valence-corrected chi connectivity index (χ4v) is 1.85. The van der Waals surface area contributed by atoms with Crippen molar-refractivity contribution in [2.45, 2.75) is 13.8 Å². The second-order valence-corrected chi connectivity index (χ2v) is 3.96. The third-order valence-electron chi connectivity index (χ3n) is 2.52. The number of nitrogens with one attached hydrogen (secondary N) is 1. The number of carbonyl (C=O) groups is 1. The summed E-state index contributed by atoms with van der Waals surface area (Å²) in [6.45, 7) is 3.29. The number of anilines is 1. The summed E-state index contributed by atoms with van der Waals surface area (Å²) in [6, 6.07) is 1.93. The van der Waals surface area contributed by atoms with Crippen LogP contribution in [0.25, 0.3) is 11.0 Å². The molecule has 6 nitrogen and oxygen atoms in total. The molecule has 2 N–H and O–H groups in total. The first kappa shape index (κ1) is 11.5. The largest absolute Gasteiger partial charge is 0.387 e. The van der Waals surface area contributed by atoms with E-state index in [1.807, 2.05) is 19.9 Å². The first-order valence-electron chi connectivity index (χ1n) is 5.24. The Hall–Kier alpha value is -1.95. The lowest BCUT2D eigenvalue weighted by atomic mass is 10.2. The van der Waals surface area contributed by atoms with Crippen molar-refractivity contribution in [1.82, 2.24) is 14.8 Å². The number of amides is 1. The topological polar surface area (TPSA) is 80.0 Å². The van der Waals surface area contributed by atoms with Crippen molar-refractivity contribution in [3.8, 4) is 0 Å². The van der Waals surface area contributed by atoms with Crippen LogP contribution in [0.15, 0.2) is 6.07 Å². The van der Waals surface area contributed by atoms with Gasteiger partial charge in [0.25, 0.3) is 5.91 Å². The molecule has 0 aliphatic carbocycles. The number of aliphatic hydroxyl groups excluding tert-OH is 1. The van der Waals surface area contributed by atoms with Crippen LogP contribution in [-0.2, 0) is 11.8 Å². The van der Waals surface area contributed by atoms with E-state index in [2.05, 4.69) is 15.4 Å². The summed E-state index contributed by atoms with van der Waals surface area (Å²) in [5, 5.41) is 16.3. The monoisotopic (exact) mass is 234 g/mol. The van der Waals surface area contributed by atoms with Crippen LogP contribution in [0, 0.1) is 13.8 Å². The summed E-state index contributed by atoms with van der Waals surface area (Å²) >= 11 is 0. The minimum atomic E-state index is -0.559. The van der Waals surface area contributed by atoms with Gasteiger partial charge in [0.1, 0.15) is 6.61 Å². The van der Waals surface area contributed by atoms with E-state index < -0.39 is 12.5 Å². The van der Waals surface area contributed by atoms with E-state index in [0.29, 0.717) is 5.82 Å². The lowest BCUT2D eigenvalue weighted by molar-refractivity contribution is -0.118. The van der Waals surface area contributed by atoms with Crippen molar-refractivity contribution in [2.24, 2.45) is 7.05 Å². The molecule has 0 bridgehead atoms. The van der Waals surface area contributed by atoms with Crippen molar-refractivity contribution in [2.75, 3.05) is 11.9 Å². The maximum Gasteiger partial charge on any atom is 0.251 e. The third-order valence-corrected chi connectivity index (χ3v) is 2.52. The second-order valence-electron chi connectivity index (χ2n) is 3.96. The summed E-state index contributed by atoms with van der Waals surface area (Å²) in [7, 11) is 1.77. The van der Waals surface area contributed by atoms with Gasteiger partial charge in [-0.05, 0) is 25.5 Å². The maximum atomic E-state index is 11.2. The second kappa shape index (κ2) is 4.14. The number of carbonyl (C=O) groups excluding carboxylic acids is 1. The average molecular weight is 234 g/mol. The first-order valence-corrected chi connectivity index (χ1v) is 5.24. The molecule has 6 heteroatoms. The number of aryl methyl sites for hydroxylation is 3. The zero-order valence-electron chi connectivity index (χ0n) is 9.98. The van der Waals surface area contributed by atoms with Crippen molar-refractivity contribution in [1.29, 1.82) is 0 Å². The van der Waals surface area contributed by atoms with E-state index in [1.54, 1.807) is 11.7 Å². The molecule has 0 radical (unpaired) electrons. The molecule has 17 heavy (non-hydrogen) atoms. The van der Waals surface area contributed by atoms with Gasteiger partial charge >= 0.3 is 0 Å². The summed E-state index contributed by atoms with van der Waals surface area (Å²) in [4.78, 5) is 15.6. The van der Waals surface area contributed by atoms with Gasteiger partial charge in [0.2, 0.25) is 0 Å². The maximum absolute atomic E-state index is 11.2. The van der Waals surface area contributed by atoms with Crippen LogP contribution < -0.4 is 5.32 Å². The quantitative estimate of drug-likeness (QED) is 0.793. The van der Waals surface area contributed by atoms with Gasteiger partial charge in [0, 0.05) is 12.7 Å². The minimum absolute atomic E-state index is 0.437. The van der Waals surface area contributed by atoms with Crippen molar-refractivity contribution >= 4 is 22.8 Å². The van der Waals surface area contributed by atoms with Gasteiger partial charge in [-0.1, -0.05) is 0 Å². The summed E-state index contributed by atoms with van der Waals surface area (Å²) in [5.74, 6) is -0.0449. The highest BCUT2D eigenvalue weighted by atomic mass is 16.3. The predicted octanol–water partition coefficient (Wildman–Crippen LogP) is 0.516. The summed E-state index contributed by atoms with van der Waals surface area (Å²) < 4.78 is 1.61. The van der Waals surface area contributed by atoms with Gasteiger partial charge < -0.3 is 10.4 Å². The predicted molar refractivity (Wildman–Crippen MR) is 63.7 cm³/mol. The van der Waals surface area contributed by atoms with Gasteiger partial charge in [-0.25, -0.2) is 9.67 Å². The highest BCUT2D eigenvalue weighted by molar-refractivity contribution is 6.00. The molecule has 0 fully saturated rings. The molecule has 0 aromatic carbocycles. The number of fused-ring (bicyclic) bond motifs is 1. The Labute approximate surface area is 98.3 Å². The molecular weight excluding hydrogens is 220 g/mol. The Morgan fingerprint density at radius 3 is 2.88 bits per heavy atom. The molecule has 0 aliphatic heterocycles. The zero-order chi connectivity index (χ0) is 12.6. The molecule has 2 heterocycles. The molecule has 2 aromatic heterocycles. The average Bonchev–Trinajstić information content (AvgIpc) is 2.55. The molecule has 2 aromatic rings. The zero-order valence-corrected chi connectivity index (χ0v) is 9.98. The van der Waals surface area contributed by atoms with Crippen LogP contribution in [0.4, 0.5) is 5.82 Å². The Bertz CT molecular complexity index is 589. The molecule has 0 saturated carbocycles. The SMILES string of the molecule is Cc1cc(C)c2c(NC(=O)CO)nn(C)c2n1. The van der Waals surface area contributed by atoms with Gasteiger partial charge in [0.15, 0.2) is 11.5 Å². The fourth-order valence-electron chi connectivity index (χ4n) is 1.85. The van der Waals surface area contributed by atoms with Crippen LogP contribution in [0.3, 0.4) is 0 Å². The van der Waals surface area contributed by atoms with Crippen LogP contribution in [0.2, 0.25) is 0 Å². The Kier molecular flexibility index (Phi) is 2.81. The Balaban J connectivity index is 2.62. The molecule has 0 unspecified atom stereocenters. The number of aromatic nitrogens is 3. The van der Waals surface area contributed by atoms with Gasteiger partial charge in [0.05, 0.1) is 5.39 Å². The molecular formula is C11H14N4O2. The van der Waals surface area contributed by atoms with Crippen LogP contribution >= 0.6 is 0 Å². The van der Waals surface area contributed by atoms with E-state index in [4.69, 9.17) is 5.11 Å². The van der Waals surface area contributed by atoms with Crippen molar-refractivity contribution in [3.05, 3.63) is 17.3 Å². The van der Waals surface area contributed by atoms with Gasteiger partial charge in [-0.3, -0.25) is 4.79 Å². The molecule has 0 atom stereocenters. The first-order chi connectivity index (χ1) is 8.02. The van der Waals surface area contributed by atoms with E-state index in [0.717, 1.165) is 22.3 Å². The lowest BCUT2D eigenvalue weighted by Crippen LogP contribution is -2.16. The standard InChI is InChI=1S/C11H14N4O2/c1-6-4-7(2)12-11-9(6)10(14-15(11)3)13-8(17)5-16/h4,16H,5H2,1-3H3,(H,13,14,17). The van der Waals surface area contributed by atoms with Crippen LogP contribution in [-0.4, -0.2) is 32.4 Å². The smallest absolute Gasteiger partial charge is 0.251 e. The highest BCUT2D eigenvalue weighted by Gasteiger charge is 2.14. The summed E-state index contributed by atoms with van der Waals surface area (Å²) in [5.41, 5.74) is 2.61. The van der Waals surface area contributed by atoms with Gasteiger partial charge in [-0.15, -0.1) is 0 Å². The van der Waals surface area contributed by atoms with E-state index in [-0.39, 0.29) is 0 Å². The van der Waals surface area contributed by atoms with E-state index in [1.165, 1.54) is 0 Å². The molecule has 1 amide bonds. The fraction of sp³-hybridized carbons (Fsp3) is 0.364. The Morgan fingerprint density at radius 1 is 1.53 bits per heavy atom. The van der Waals surface area contributed by atoms with Crippen molar-refractivity contribution in [3.63, 3.8) is 0 Å². The van der Waals surface area contributed by atoms with Crippen LogP contribution in [0.1, 0.15) is 11.3 Å². The molecule has 0 spiro atoms.